The molecule has 0 N–H and O–H groups in total. The van der Waals surface area contributed by atoms with Crippen LogP contribution in [0.5, 0.6) is 11.5 Å². The van der Waals surface area contributed by atoms with Gasteiger partial charge >= 0.3 is 12.1 Å². The highest BCUT2D eigenvalue weighted by atomic mass is 35.5. The molecule has 22 heavy (non-hydrogen) atoms. The fourth-order valence-electron chi connectivity index (χ4n) is 1.73. The molecule has 1 rings (SSSR count). The zero-order valence-corrected chi connectivity index (χ0v) is 13.4. The Labute approximate surface area is 133 Å². The second-order valence-corrected chi connectivity index (χ2v) is 4.35. The standard InChI is InChI=1S/C14H18ClNO6/c1-19-11-5-4-10(12(6-11)20-2)7-16(8-13(17)21-3)14(18)22-9-15/h4-6H,7-9H2,1-3H3. The highest BCUT2D eigenvalue weighted by Crippen LogP contribution is 2.26. The second kappa shape index (κ2) is 8.99. The second-order valence-electron chi connectivity index (χ2n) is 4.13. The summed E-state index contributed by atoms with van der Waals surface area (Å²) in [5.41, 5.74) is 0.679. The molecule has 0 atom stereocenters. The lowest BCUT2D eigenvalue weighted by molar-refractivity contribution is -0.141. The fourth-order valence-corrected chi connectivity index (χ4v) is 1.82. The van der Waals surface area contributed by atoms with Crippen LogP contribution >= 0.6 is 11.6 Å². The molecule has 0 aromatic heterocycles. The maximum absolute atomic E-state index is 11.9. The van der Waals surface area contributed by atoms with E-state index in [1.807, 2.05) is 0 Å². The predicted octanol–water partition coefficient (Wildman–Crippen LogP) is 2.01. The average Bonchev–Trinajstić information content (AvgIpc) is 2.54. The number of nitrogens with zero attached hydrogens (tertiary/aromatic N) is 1. The number of esters is 1. The van der Waals surface area contributed by atoms with Crippen LogP contribution in [-0.4, -0.2) is 50.9 Å². The molecule has 122 valence electrons. The molecule has 8 heteroatoms. The Balaban J connectivity index is 2.97. The molecule has 0 spiro atoms. The first kappa shape index (κ1) is 17.9. The molecule has 0 saturated heterocycles. The molecule has 0 unspecified atom stereocenters. The largest absolute Gasteiger partial charge is 0.497 e. The van der Waals surface area contributed by atoms with Crippen molar-refractivity contribution >= 4 is 23.7 Å². The maximum Gasteiger partial charge on any atom is 0.411 e. The van der Waals surface area contributed by atoms with Crippen LogP contribution in [0.15, 0.2) is 18.2 Å². The van der Waals surface area contributed by atoms with Gasteiger partial charge in [-0.1, -0.05) is 11.6 Å². The molecule has 0 aliphatic carbocycles. The van der Waals surface area contributed by atoms with Crippen LogP contribution in [0, 0.1) is 0 Å². The maximum atomic E-state index is 11.9. The average molecular weight is 332 g/mol. The van der Waals surface area contributed by atoms with E-state index in [1.165, 1.54) is 26.2 Å². The number of carbonyl (C=O) groups is 2. The van der Waals surface area contributed by atoms with Crippen LogP contribution in [0.25, 0.3) is 0 Å². The van der Waals surface area contributed by atoms with Gasteiger partial charge in [0.15, 0.2) is 6.07 Å². The minimum atomic E-state index is -0.724. The van der Waals surface area contributed by atoms with Gasteiger partial charge in [-0.2, -0.15) is 0 Å². The van der Waals surface area contributed by atoms with Crippen molar-refractivity contribution in [1.82, 2.24) is 4.90 Å². The Morgan fingerprint density at radius 1 is 1.18 bits per heavy atom. The number of carbonyl (C=O) groups excluding carboxylic acids is 2. The molecule has 0 radical (unpaired) electrons. The lowest BCUT2D eigenvalue weighted by Crippen LogP contribution is -2.36. The Morgan fingerprint density at radius 3 is 2.45 bits per heavy atom. The molecule has 0 saturated carbocycles. The number of hydrogen-bond donors (Lipinski definition) is 0. The van der Waals surface area contributed by atoms with Gasteiger partial charge in [0, 0.05) is 11.6 Å². The molecular weight excluding hydrogens is 314 g/mol. The lowest BCUT2D eigenvalue weighted by Gasteiger charge is -2.21. The van der Waals surface area contributed by atoms with Gasteiger partial charge in [0.25, 0.3) is 0 Å². The van der Waals surface area contributed by atoms with Gasteiger partial charge in [-0.15, -0.1) is 0 Å². The summed E-state index contributed by atoms with van der Waals surface area (Å²) >= 11 is 5.38. The number of methoxy groups -OCH3 is 3. The molecule has 1 aromatic rings. The third-order valence-electron chi connectivity index (χ3n) is 2.84. The predicted molar refractivity (Wildman–Crippen MR) is 79.2 cm³/mol. The first-order valence-corrected chi connectivity index (χ1v) is 6.84. The SMILES string of the molecule is COC(=O)CN(Cc1ccc(OC)cc1OC)C(=O)OCCl. The zero-order valence-electron chi connectivity index (χ0n) is 12.6. The summed E-state index contributed by atoms with van der Waals surface area (Å²) < 4.78 is 19.7. The Hall–Kier alpha value is -2.15. The molecule has 1 amide bonds. The van der Waals surface area contributed by atoms with Gasteiger partial charge in [-0.3, -0.25) is 9.69 Å². The van der Waals surface area contributed by atoms with Crippen LogP contribution < -0.4 is 9.47 Å². The molecular formula is C14H18ClNO6. The summed E-state index contributed by atoms with van der Waals surface area (Å²) in [6, 6.07) is 4.83. The van der Waals surface area contributed by atoms with Crippen molar-refractivity contribution in [3.05, 3.63) is 23.8 Å². The van der Waals surface area contributed by atoms with E-state index in [9.17, 15) is 9.59 Å². The quantitative estimate of drug-likeness (QED) is 0.562. The van der Waals surface area contributed by atoms with Crippen molar-refractivity contribution < 1.29 is 28.5 Å². The molecule has 0 aliphatic rings. The molecule has 7 nitrogen and oxygen atoms in total. The Morgan fingerprint density at radius 2 is 1.91 bits per heavy atom. The van der Waals surface area contributed by atoms with Gasteiger partial charge in [0.1, 0.15) is 18.0 Å². The van der Waals surface area contributed by atoms with Crippen LogP contribution in [0.2, 0.25) is 0 Å². The first-order chi connectivity index (χ1) is 10.5. The van der Waals surface area contributed by atoms with E-state index >= 15 is 0 Å². The van der Waals surface area contributed by atoms with E-state index in [-0.39, 0.29) is 19.2 Å². The van der Waals surface area contributed by atoms with E-state index < -0.39 is 12.1 Å². The van der Waals surface area contributed by atoms with E-state index in [2.05, 4.69) is 4.74 Å². The van der Waals surface area contributed by atoms with Gasteiger partial charge in [-0.05, 0) is 12.1 Å². The van der Waals surface area contributed by atoms with Gasteiger partial charge in [0.2, 0.25) is 0 Å². The molecule has 1 aromatic carbocycles. The van der Waals surface area contributed by atoms with Crippen LogP contribution in [0.3, 0.4) is 0 Å². The zero-order chi connectivity index (χ0) is 16.5. The number of amides is 1. The van der Waals surface area contributed by atoms with E-state index in [1.54, 1.807) is 18.2 Å². The number of hydrogen-bond acceptors (Lipinski definition) is 6. The van der Waals surface area contributed by atoms with E-state index in [4.69, 9.17) is 25.8 Å². The minimum absolute atomic E-state index is 0.0952. The third-order valence-corrected chi connectivity index (χ3v) is 2.95. The van der Waals surface area contributed by atoms with Crippen molar-refractivity contribution in [3.8, 4) is 11.5 Å². The van der Waals surface area contributed by atoms with Crippen molar-refractivity contribution in [2.75, 3.05) is 33.9 Å². The normalized spacial score (nSPS) is 9.82. The topological polar surface area (TPSA) is 74.3 Å². The summed E-state index contributed by atoms with van der Waals surface area (Å²) in [5, 5.41) is 0. The Kier molecular flexibility index (Phi) is 7.31. The van der Waals surface area contributed by atoms with Crippen LogP contribution in [0.4, 0.5) is 4.79 Å². The number of ether oxygens (including phenoxy) is 4. The number of halogens is 1. The van der Waals surface area contributed by atoms with Crippen LogP contribution in [-0.2, 0) is 20.8 Å². The van der Waals surface area contributed by atoms with Crippen molar-refractivity contribution in [2.24, 2.45) is 0 Å². The monoisotopic (exact) mass is 331 g/mol. The smallest absolute Gasteiger partial charge is 0.411 e. The van der Waals surface area contributed by atoms with Crippen molar-refractivity contribution in [2.45, 2.75) is 6.54 Å². The first-order valence-electron chi connectivity index (χ1n) is 6.31. The summed E-state index contributed by atoms with van der Waals surface area (Å²) in [5.74, 6) is 0.565. The summed E-state index contributed by atoms with van der Waals surface area (Å²) in [7, 11) is 4.28. The van der Waals surface area contributed by atoms with Crippen molar-refractivity contribution in [1.29, 1.82) is 0 Å². The summed E-state index contributed by atoms with van der Waals surface area (Å²) in [4.78, 5) is 24.5. The van der Waals surface area contributed by atoms with E-state index in [0.29, 0.717) is 17.1 Å². The van der Waals surface area contributed by atoms with Crippen molar-refractivity contribution in [3.63, 3.8) is 0 Å². The highest BCUT2D eigenvalue weighted by Gasteiger charge is 2.21. The molecule has 0 fully saturated rings. The third kappa shape index (κ3) is 5.00. The van der Waals surface area contributed by atoms with Gasteiger partial charge in [0.05, 0.1) is 27.9 Å². The lowest BCUT2D eigenvalue weighted by atomic mass is 10.1. The molecule has 0 bridgehead atoms. The number of alkyl halides is 1. The number of rotatable bonds is 7. The summed E-state index contributed by atoms with van der Waals surface area (Å²) in [6.07, 6.45) is -0.724. The fraction of sp³-hybridized carbons (Fsp3) is 0.429. The minimum Gasteiger partial charge on any atom is -0.497 e. The van der Waals surface area contributed by atoms with E-state index in [0.717, 1.165) is 0 Å². The van der Waals surface area contributed by atoms with Crippen LogP contribution in [0.1, 0.15) is 5.56 Å². The molecule has 0 aliphatic heterocycles. The Bertz CT molecular complexity index is 522. The van der Waals surface area contributed by atoms with Gasteiger partial charge in [-0.25, -0.2) is 4.79 Å². The number of benzene rings is 1. The van der Waals surface area contributed by atoms with Gasteiger partial charge < -0.3 is 18.9 Å². The highest BCUT2D eigenvalue weighted by molar-refractivity contribution is 6.17. The summed E-state index contributed by atoms with van der Waals surface area (Å²) in [6.45, 7) is -0.167. The molecule has 0 heterocycles.